The van der Waals surface area contributed by atoms with Crippen LogP contribution in [0.1, 0.15) is 24.1 Å². The molecule has 3 rings (SSSR count). The van der Waals surface area contributed by atoms with Crippen LogP contribution in [0.25, 0.3) is 0 Å². The predicted molar refractivity (Wildman–Crippen MR) is 94.4 cm³/mol. The monoisotopic (exact) mass is 361 g/mol. The number of pyridine rings is 1. The summed E-state index contributed by atoms with van der Waals surface area (Å²) >= 11 is 7.16. The van der Waals surface area contributed by atoms with Gasteiger partial charge in [0, 0.05) is 24.7 Å². The minimum absolute atomic E-state index is 0.00408. The van der Waals surface area contributed by atoms with Gasteiger partial charge in [0.1, 0.15) is 22.5 Å². The number of hydrogen-bond donors (Lipinski definition) is 1. The molecule has 0 spiro atoms. The molecule has 2 aromatic heterocycles. The average molecular weight is 362 g/mol. The van der Waals surface area contributed by atoms with Crippen molar-refractivity contribution >= 4 is 39.9 Å². The zero-order chi connectivity index (χ0) is 17.1. The van der Waals surface area contributed by atoms with Crippen LogP contribution in [0, 0.1) is 24.2 Å². The van der Waals surface area contributed by atoms with Gasteiger partial charge in [-0.3, -0.25) is 4.79 Å². The van der Waals surface area contributed by atoms with Gasteiger partial charge in [-0.15, -0.1) is 0 Å². The van der Waals surface area contributed by atoms with Gasteiger partial charge in [-0.05, 0) is 43.4 Å². The summed E-state index contributed by atoms with van der Waals surface area (Å²) in [6.45, 7) is 3.29. The van der Waals surface area contributed by atoms with Crippen LogP contribution in [0.15, 0.2) is 18.2 Å². The van der Waals surface area contributed by atoms with Crippen LogP contribution in [-0.4, -0.2) is 28.4 Å². The zero-order valence-corrected chi connectivity index (χ0v) is 14.7. The van der Waals surface area contributed by atoms with E-state index in [9.17, 15) is 10.1 Å². The van der Waals surface area contributed by atoms with Gasteiger partial charge in [0.15, 0.2) is 5.15 Å². The van der Waals surface area contributed by atoms with Crippen LogP contribution in [0.5, 0.6) is 0 Å². The van der Waals surface area contributed by atoms with E-state index in [1.165, 1.54) is 11.5 Å². The second-order valence-electron chi connectivity index (χ2n) is 5.68. The van der Waals surface area contributed by atoms with Crippen molar-refractivity contribution < 1.29 is 4.79 Å². The lowest BCUT2D eigenvalue weighted by Gasteiger charge is -2.31. The largest absolute Gasteiger partial charge is 0.361 e. The molecule has 1 saturated heterocycles. The fraction of sp³-hybridized carbons (Fsp3) is 0.375. The van der Waals surface area contributed by atoms with Crippen LogP contribution in [0.4, 0.5) is 10.8 Å². The molecule has 3 heterocycles. The molecule has 1 aliphatic rings. The summed E-state index contributed by atoms with van der Waals surface area (Å²) in [6, 6.07) is 7.65. The first-order chi connectivity index (χ1) is 11.6. The number of aryl methyl sites for hydroxylation is 1. The fourth-order valence-corrected chi connectivity index (χ4v) is 3.84. The van der Waals surface area contributed by atoms with Crippen LogP contribution < -0.4 is 10.2 Å². The molecule has 2 aromatic rings. The van der Waals surface area contributed by atoms with Crippen molar-refractivity contribution in [1.82, 2.24) is 9.36 Å². The Labute approximate surface area is 149 Å². The SMILES string of the molecule is Cc1cccc(NC(=O)C2CCN(c3snc(Cl)c3C#N)CC2)n1. The van der Waals surface area contributed by atoms with Crippen molar-refractivity contribution in [3.05, 3.63) is 34.6 Å². The van der Waals surface area contributed by atoms with E-state index in [2.05, 4.69) is 25.6 Å². The minimum Gasteiger partial charge on any atom is -0.361 e. The Balaban J connectivity index is 1.60. The predicted octanol–water partition coefficient (Wildman–Crippen LogP) is 3.23. The number of amides is 1. The molecule has 124 valence electrons. The maximum Gasteiger partial charge on any atom is 0.228 e. The van der Waals surface area contributed by atoms with Gasteiger partial charge in [0.2, 0.25) is 5.91 Å². The van der Waals surface area contributed by atoms with Gasteiger partial charge < -0.3 is 10.2 Å². The van der Waals surface area contributed by atoms with Crippen LogP contribution in [0.3, 0.4) is 0 Å². The van der Waals surface area contributed by atoms with E-state index in [0.717, 1.165) is 23.5 Å². The molecule has 8 heteroatoms. The number of nitrogens with zero attached hydrogens (tertiary/aromatic N) is 4. The first-order valence-corrected chi connectivity index (χ1v) is 8.78. The molecule has 1 amide bonds. The molecule has 0 bridgehead atoms. The Morgan fingerprint density at radius 3 is 2.88 bits per heavy atom. The van der Waals surface area contributed by atoms with Crippen LogP contribution in [0.2, 0.25) is 5.15 Å². The number of piperidine rings is 1. The molecule has 1 aliphatic heterocycles. The maximum atomic E-state index is 12.4. The third-order valence-corrected chi connectivity index (χ3v) is 5.32. The molecule has 0 atom stereocenters. The maximum absolute atomic E-state index is 12.4. The van der Waals surface area contributed by atoms with E-state index in [-0.39, 0.29) is 17.0 Å². The highest BCUT2D eigenvalue weighted by Gasteiger charge is 2.28. The van der Waals surface area contributed by atoms with Crippen molar-refractivity contribution in [2.75, 3.05) is 23.3 Å². The van der Waals surface area contributed by atoms with Crippen LogP contribution >= 0.6 is 23.1 Å². The second-order valence-corrected chi connectivity index (χ2v) is 6.79. The number of anilines is 2. The standard InChI is InChI=1S/C16H16ClN5OS/c1-10-3-2-4-13(19-10)20-15(23)11-5-7-22(8-6-11)16-12(9-18)14(17)21-24-16/h2-4,11H,5-8H2,1H3,(H,19,20,23). The number of nitriles is 1. The smallest absolute Gasteiger partial charge is 0.228 e. The summed E-state index contributed by atoms with van der Waals surface area (Å²) in [5.74, 6) is 0.525. The third kappa shape index (κ3) is 3.50. The van der Waals surface area contributed by atoms with Gasteiger partial charge in [-0.2, -0.15) is 9.64 Å². The topological polar surface area (TPSA) is 81.9 Å². The van der Waals surface area contributed by atoms with E-state index < -0.39 is 0 Å². The Bertz CT molecular complexity index is 792. The summed E-state index contributed by atoms with van der Waals surface area (Å²) < 4.78 is 4.04. The average Bonchev–Trinajstić information content (AvgIpc) is 2.95. The van der Waals surface area contributed by atoms with E-state index >= 15 is 0 Å². The zero-order valence-electron chi connectivity index (χ0n) is 13.1. The lowest BCUT2D eigenvalue weighted by atomic mass is 9.96. The number of aromatic nitrogens is 2. The first-order valence-electron chi connectivity index (χ1n) is 7.63. The minimum atomic E-state index is -0.0579. The third-order valence-electron chi connectivity index (χ3n) is 4.04. The Morgan fingerprint density at radius 1 is 1.46 bits per heavy atom. The molecule has 0 radical (unpaired) electrons. The van der Waals surface area contributed by atoms with Crippen molar-refractivity contribution in [3.8, 4) is 6.07 Å². The molecule has 1 N–H and O–H groups in total. The number of hydrogen-bond acceptors (Lipinski definition) is 6. The molecule has 1 fully saturated rings. The van der Waals surface area contributed by atoms with Gasteiger partial charge in [0.05, 0.1) is 0 Å². The van der Waals surface area contributed by atoms with Gasteiger partial charge in [0.25, 0.3) is 0 Å². The van der Waals surface area contributed by atoms with Crippen LogP contribution in [-0.2, 0) is 4.79 Å². The number of carbonyl (C=O) groups is 1. The first kappa shape index (κ1) is 16.7. The van der Waals surface area contributed by atoms with Crippen molar-refractivity contribution in [2.24, 2.45) is 5.92 Å². The molecule has 6 nitrogen and oxygen atoms in total. The van der Waals surface area contributed by atoms with E-state index in [4.69, 9.17) is 11.6 Å². The van der Waals surface area contributed by atoms with E-state index in [1.807, 2.05) is 19.1 Å². The number of halogens is 1. The Kier molecular flexibility index (Phi) is 4.97. The molecule has 0 aliphatic carbocycles. The van der Waals surface area contributed by atoms with Gasteiger partial charge in [-0.25, -0.2) is 4.98 Å². The highest BCUT2D eigenvalue weighted by atomic mass is 35.5. The second kappa shape index (κ2) is 7.16. The molecule has 24 heavy (non-hydrogen) atoms. The quantitative estimate of drug-likeness (QED) is 0.907. The van der Waals surface area contributed by atoms with Gasteiger partial charge >= 0.3 is 0 Å². The van der Waals surface area contributed by atoms with Crippen molar-refractivity contribution in [1.29, 1.82) is 5.26 Å². The molecule has 0 saturated carbocycles. The normalized spacial score (nSPS) is 15.1. The van der Waals surface area contributed by atoms with Crippen molar-refractivity contribution in [2.45, 2.75) is 19.8 Å². The summed E-state index contributed by atoms with van der Waals surface area (Å²) in [4.78, 5) is 18.8. The highest BCUT2D eigenvalue weighted by Crippen LogP contribution is 2.33. The lowest BCUT2D eigenvalue weighted by Crippen LogP contribution is -2.38. The number of nitrogens with one attached hydrogen (secondary N) is 1. The highest BCUT2D eigenvalue weighted by molar-refractivity contribution is 7.10. The molecule has 0 unspecified atom stereocenters. The number of rotatable bonds is 3. The summed E-state index contributed by atoms with van der Waals surface area (Å²) in [5, 5.41) is 13.1. The van der Waals surface area contributed by atoms with E-state index in [1.54, 1.807) is 6.07 Å². The summed E-state index contributed by atoms with van der Waals surface area (Å²) in [5.41, 5.74) is 1.29. The van der Waals surface area contributed by atoms with Gasteiger partial charge in [-0.1, -0.05) is 17.7 Å². The summed E-state index contributed by atoms with van der Waals surface area (Å²) in [6.07, 6.45) is 1.44. The number of carbonyl (C=O) groups excluding carboxylic acids is 1. The van der Waals surface area contributed by atoms with E-state index in [0.29, 0.717) is 24.5 Å². The fourth-order valence-electron chi connectivity index (χ4n) is 2.76. The Hall–Kier alpha value is -2.17. The molecular formula is C16H16ClN5OS. The molecule has 0 aromatic carbocycles. The lowest BCUT2D eigenvalue weighted by molar-refractivity contribution is -0.120. The Morgan fingerprint density at radius 2 is 2.21 bits per heavy atom. The summed E-state index contributed by atoms with van der Waals surface area (Å²) in [7, 11) is 0. The molecular weight excluding hydrogens is 346 g/mol. The van der Waals surface area contributed by atoms with Crippen molar-refractivity contribution in [3.63, 3.8) is 0 Å².